The van der Waals surface area contributed by atoms with Gasteiger partial charge >= 0.3 is 0 Å². The summed E-state index contributed by atoms with van der Waals surface area (Å²) in [5.41, 5.74) is 1.68. The molecule has 0 aliphatic carbocycles. The van der Waals surface area contributed by atoms with E-state index in [-0.39, 0.29) is 23.0 Å². The normalized spacial score (nSPS) is 11.4. The Morgan fingerprint density at radius 3 is 1.29 bits per heavy atom. The topological polar surface area (TPSA) is 80.9 Å². The molecule has 0 fully saturated rings. The van der Waals surface area contributed by atoms with Gasteiger partial charge in [0.05, 0.1) is 0 Å². The van der Waals surface area contributed by atoms with Crippen molar-refractivity contribution in [2.45, 2.75) is 5.92 Å². The zero-order valence-electron chi connectivity index (χ0n) is 16.5. The van der Waals surface area contributed by atoms with Gasteiger partial charge in [-0.1, -0.05) is 78.9 Å². The predicted molar refractivity (Wildman–Crippen MR) is 122 cm³/mol. The zero-order valence-corrected chi connectivity index (χ0v) is 16.5. The number of fused-ring (bicyclic) bond motifs is 2. The highest BCUT2D eigenvalue weighted by Crippen LogP contribution is 2.48. The molecule has 31 heavy (non-hydrogen) atoms. The molecule has 0 unspecified atom stereocenters. The van der Waals surface area contributed by atoms with Crippen LogP contribution in [0.4, 0.5) is 0 Å². The van der Waals surface area contributed by atoms with Crippen LogP contribution in [0.25, 0.3) is 21.5 Å². The first-order valence-corrected chi connectivity index (χ1v) is 9.98. The highest BCUT2D eigenvalue weighted by molar-refractivity contribution is 5.96. The minimum Gasteiger partial charge on any atom is -0.507 e. The van der Waals surface area contributed by atoms with Crippen molar-refractivity contribution < 1.29 is 20.4 Å². The Morgan fingerprint density at radius 2 is 0.839 bits per heavy atom. The Bertz CT molecular complexity index is 1330. The summed E-state index contributed by atoms with van der Waals surface area (Å²) in [6.07, 6.45) is 0. The van der Waals surface area contributed by atoms with Gasteiger partial charge in [-0.2, -0.15) is 0 Å². The molecular weight excluding hydrogens is 388 g/mol. The van der Waals surface area contributed by atoms with Crippen LogP contribution in [-0.4, -0.2) is 20.4 Å². The number of hydrogen-bond acceptors (Lipinski definition) is 4. The number of aromatic hydroxyl groups is 4. The van der Waals surface area contributed by atoms with E-state index in [2.05, 4.69) is 0 Å². The molecule has 0 saturated heterocycles. The summed E-state index contributed by atoms with van der Waals surface area (Å²) in [5.74, 6) is -0.501. The fourth-order valence-electron chi connectivity index (χ4n) is 4.34. The number of phenols is 4. The zero-order chi connectivity index (χ0) is 21.5. The molecular formula is C27H20O4. The van der Waals surface area contributed by atoms with Gasteiger partial charge in [-0.05, 0) is 17.7 Å². The molecule has 0 atom stereocenters. The summed E-state index contributed by atoms with van der Waals surface area (Å²) in [7, 11) is 0. The van der Waals surface area contributed by atoms with E-state index in [9.17, 15) is 20.4 Å². The molecule has 5 aromatic carbocycles. The lowest BCUT2D eigenvalue weighted by Gasteiger charge is -2.23. The fourth-order valence-corrected chi connectivity index (χ4v) is 4.34. The first-order valence-electron chi connectivity index (χ1n) is 9.98. The predicted octanol–water partition coefficient (Wildman–Crippen LogP) is 6.00. The van der Waals surface area contributed by atoms with E-state index in [1.165, 1.54) is 12.1 Å². The second-order valence-electron chi connectivity index (χ2n) is 7.60. The maximum Gasteiger partial charge on any atom is 0.127 e. The highest BCUT2D eigenvalue weighted by Gasteiger charge is 2.27. The highest BCUT2D eigenvalue weighted by atomic mass is 16.3. The van der Waals surface area contributed by atoms with Crippen molar-refractivity contribution in [2.24, 2.45) is 0 Å². The summed E-state index contributed by atoms with van der Waals surface area (Å²) < 4.78 is 0. The molecule has 5 rings (SSSR count). The smallest absolute Gasteiger partial charge is 0.127 e. The van der Waals surface area contributed by atoms with E-state index >= 15 is 0 Å². The summed E-state index contributed by atoms with van der Waals surface area (Å²) in [6.45, 7) is 0. The van der Waals surface area contributed by atoms with Crippen molar-refractivity contribution >= 4 is 21.5 Å². The van der Waals surface area contributed by atoms with Crippen molar-refractivity contribution in [1.29, 1.82) is 0 Å². The average molecular weight is 408 g/mol. The minimum atomic E-state index is -0.618. The van der Waals surface area contributed by atoms with Crippen LogP contribution in [0.1, 0.15) is 22.6 Å². The lowest BCUT2D eigenvalue weighted by atomic mass is 9.82. The minimum absolute atomic E-state index is 0.0225. The van der Waals surface area contributed by atoms with Crippen molar-refractivity contribution in [2.75, 3.05) is 0 Å². The molecule has 0 aliphatic heterocycles. The van der Waals surface area contributed by atoms with Gasteiger partial charge < -0.3 is 20.4 Å². The Hall–Kier alpha value is -4.18. The first kappa shape index (κ1) is 18.8. The van der Waals surface area contributed by atoms with Gasteiger partial charge in [0.2, 0.25) is 0 Å². The van der Waals surface area contributed by atoms with E-state index in [0.29, 0.717) is 32.7 Å². The molecule has 0 radical (unpaired) electrons. The Morgan fingerprint density at radius 1 is 0.452 bits per heavy atom. The molecule has 0 bridgehead atoms. The maximum absolute atomic E-state index is 11.2. The SMILES string of the molecule is Oc1cc(C(c2ccccc2)c2cc(O)c3ccccc3c2O)c(O)c2ccccc12. The number of benzene rings is 5. The van der Waals surface area contributed by atoms with E-state index in [0.717, 1.165) is 5.56 Å². The van der Waals surface area contributed by atoms with Gasteiger partial charge in [0.1, 0.15) is 23.0 Å². The lowest BCUT2D eigenvalue weighted by molar-refractivity contribution is 0.454. The Kier molecular flexibility index (Phi) is 4.41. The molecule has 4 nitrogen and oxygen atoms in total. The molecule has 4 N–H and O–H groups in total. The third kappa shape index (κ3) is 3.01. The summed E-state index contributed by atoms with van der Waals surface area (Å²) in [4.78, 5) is 0. The van der Waals surface area contributed by atoms with E-state index in [1.807, 2.05) is 30.3 Å². The van der Waals surface area contributed by atoms with Crippen molar-refractivity contribution in [3.8, 4) is 23.0 Å². The van der Waals surface area contributed by atoms with Crippen molar-refractivity contribution in [3.63, 3.8) is 0 Å². The number of rotatable bonds is 3. The quantitative estimate of drug-likeness (QED) is 0.218. The van der Waals surface area contributed by atoms with Gasteiger partial charge in [-0.25, -0.2) is 0 Å². The maximum atomic E-state index is 11.2. The summed E-state index contributed by atoms with van der Waals surface area (Å²) in [6, 6.07) is 26.6. The van der Waals surface area contributed by atoms with Gasteiger partial charge in [-0.3, -0.25) is 0 Å². The molecule has 152 valence electrons. The molecule has 0 amide bonds. The molecule has 4 heteroatoms. The van der Waals surface area contributed by atoms with Gasteiger partial charge in [0.15, 0.2) is 0 Å². The van der Waals surface area contributed by atoms with Crippen LogP contribution in [0.15, 0.2) is 91.0 Å². The first-order chi connectivity index (χ1) is 15.1. The van der Waals surface area contributed by atoms with Crippen molar-refractivity contribution in [3.05, 3.63) is 108 Å². The Balaban J connectivity index is 1.86. The van der Waals surface area contributed by atoms with Crippen LogP contribution in [0.2, 0.25) is 0 Å². The third-order valence-corrected chi connectivity index (χ3v) is 5.80. The monoisotopic (exact) mass is 408 g/mol. The van der Waals surface area contributed by atoms with E-state index < -0.39 is 5.92 Å². The largest absolute Gasteiger partial charge is 0.507 e. The Labute approximate surface area is 178 Å². The standard InChI is InChI=1S/C27H20O4/c28-23-14-21(26(30)19-12-6-4-10-17(19)23)25(16-8-2-1-3-9-16)22-15-24(29)18-11-5-7-13-20(18)27(22)31/h1-15,25,28-31H. The van der Waals surface area contributed by atoms with Crippen LogP contribution in [0.3, 0.4) is 0 Å². The summed E-state index contributed by atoms with van der Waals surface area (Å²) in [5, 5.41) is 45.9. The molecule has 0 aromatic heterocycles. The number of hydrogen-bond donors (Lipinski definition) is 4. The van der Waals surface area contributed by atoms with Crippen LogP contribution < -0.4 is 0 Å². The van der Waals surface area contributed by atoms with Crippen LogP contribution >= 0.6 is 0 Å². The second kappa shape index (κ2) is 7.26. The van der Waals surface area contributed by atoms with Crippen LogP contribution in [0, 0.1) is 0 Å². The van der Waals surface area contributed by atoms with E-state index in [1.54, 1.807) is 48.5 Å². The number of phenolic OH excluding ortho intramolecular Hbond substituents is 4. The van der Waals surface area contributed by atoms with E-state index in [4.69, 9.17) is 0 Å². The molecule has 0 spiro atoms. The third-order valence-electron chi connectivity index (χ3n) is 5.80. The second-order valence-corrected chi connectivity index (χ2v) is 7.60. The molecule has 5 aromatic rings. The molecule has 0 heterocycles. The van der Waals surface area contributed by atoms with Gasteiger partial charge in [0, 0.05) is 38.6 Å². The fraction of sp³-hybridized carbons (Fsp3) is 0.0370. The van der Waals surface area contributed by atoms with Gasteiger partial charge in [0.25, 0.3) is 0 Å². The molecule has 0 aliphatic rings. The van der Waals surface area contributed by atoms with Crippen molar-refractivity contribution in [1.82, 2.24) is 0 Å². The molecule has 0 saturated carbocycles. The lowest BCUT2D eigenvalue weighted by Crippen LogP contribution is -2.05. The average Bonchev–Trinajstić information content (AvgIpc) is 2.81. The summed E-state index contributed by atoms with van der Waals surface area (Å²) >= 11 is 0. The van der Waals surface area contributed by atoms with Crippen LogP contribution in [-0.2, 0) is 0 Å². The van der Waals surface area contributed by atoms with Gasteiger partial charge in [-0.15, -0.1) is 0 Å². The van der Waals surface area contributed by atoms with Crippen LogP contribution in [0.5, 0.6) is 23.0 Å².